The van der Waals surface area contributed by atoms with Crippen LogP contribution in [0.15, 0.2) is 59.4 Å². The average molecular weight is 316 g/mol. The molecule has 0 radical (unpaired) electrons. The first-order valence-electron chi connectivity index (χ1n) is 7.85. The topological polar surface area (TPSA) is 56.7 Å². The molecule has 5 heteroatoms. The maximum absolute atomic E-state index is 5.31. The SMILES string of the molecule is CCn1cnc2cc(-c3noc(/C=C/c4ccccc4)n3)ccc21. The lowest BCUT2D eigenvalue weighted by molar-refractivity contribution is 0.411. The van der Waals surface area contributed by atoms with Crippen LogP contribution in [-0.4, -0.2) is 19.7 Å². The Labute approximate surface area is 139 Å². The third-order valence-corrected chi connectivity index (χ3v) is 3.88. The lowest BCUT2D eigenvalue weighted by Crippen LogP contribution is -1.90. The molecular weight excluding hydrogens is 300 g/mol. The van der Waals surface area contributed by atoms with E-state index in [1.165, 1.54) is 0 Å². The fourth-order valence-corrected chi connectivity index (χ4v) is 2.61. The first-order chi connectivity index (χ1) is 11.8. The molecule has 4 aromatic rings. The minimum atomic E-state index is 0.480. The molecule has 5 nitrogen and oxygen atoms in total. The second kappa shape index (κ2) is 6.12. The van der Waals surface area contributed by atoms with Gasteiger partial charge in [-0.3, -0.25) is 0 Å². The number of benzene rings is 2. The zero-order valence-corrected chi connectivity index (χ0v) is 13.3. The van der Waals surface area contributed by atoms with Gasteiger partial charge >= 0.3 is 0 Å². The number of hydrogen-bond donors (Lipinski definition) is 0. The van der Waals surface area contributed by atoms with Gasteiger partial charge in [0.05, 0.1) is 17.4 Å². The second-order valence-corrected chi connectivity index (χ2v) is 5.43. The maximum atomic E-state index is 5.31. The van der Waals surface area contributed by atoms with Crippen LogP contribution in [0.1, 0.15) is 18.4 Å². The third-order valence-electron chi connectivity index (χ3n) is 3.88. The number of imidazole rings is 1. The van der Waals surface area contributed by atoms with Crippen molar-refractivity contribution in [3.63, 3.8) is 0 Å². The highest BCUT2D eigenvalue weighted by atomic mass is 16.5. The lowest BCUT2D eigenvalue weighted by Gasteiger charge is -1.99. The van der Waals surface area contributed by atoms with Crippen LogP contribution in [-0.2, 0) is 6.54 Å². The Bertz CT molecular complexity index is 999. The van der Waals surface area contributed by atoms with Gasteiger partial charge in [-0.05, 0) is 36.8 Å². The minimum absolute atomic E-state index is 0.480. The maximum Gasteiger partial charge on any atom is 0.250 e. The number of hydrogen-bond acceptors (Lipinski definition) is 4. The first-order valence-corrected chi connectivity index (χ1v) is 7.85. The largest absolute Gasteiger partial charge is 0.334 e. The van der Waals surface area contributed by atoms with E-state index in [-0.39, 0.29) is 0 Å². The van der Waals surface area contributed by atoms with Crippen LogP contribution < -0.4 is 0 Å². The van der Waals surface area contributed by atoms with E-state index < -0.39 is 0 Å². The molecule has 0 aliphatic rings. The molecule has 0 fully saturated rings. The smallest absolute Gasteiger partial charge is 0.250 e. The Morgan fingerprint density at radius 1 is 1.08 bits per heavy atom. The van der Waals surface area contributed by atoms with Gasteiger partial charge < -0.3 is 9.09 Å². The summed E-state index contributed by atoms with van der Waals surface area (Å²) in [5.74, 6) is 1.05. The highest BCUT2D eigenvalue weighted by Crippen LogP contribution is 2.22. The van der Waals surface area contributed by atoms with E-state index in [9.17, 15) is 0 Å². The predicted molar refractivity (Wildman–Crippen MR) is 94.1 cm³/mol. The van der Waals surface area contributed by atoms with Crippen molar-refractivity contribution in [2.75, 3.05) is 0 Å². The fraction of sp³-hybridized carbons (Fsp3) is 0.105. The van der Waals surface area contributed by atoms with Gasteiger partial charge in [0, 0.05) is 18.2 Å². The molecule has 2 aromatic carbocycles. The minimum Gasteiger partial charge on any atom is -0.334 e. The van der Waals surface area contributed by atoms with Gasteiger partial charge in [0.1, 0.15) is 0 Å². The molecule has 2 heterocycles. The van der Waals surface area contributed by atoms with E-state index in [0.717, 1.165) is 28.7 Å². The summed E-state index contributed by atoms with van der Waals surface area (Å²) in [5.41, 5.74) is 4.02. The average Bonchev–Trinajstić information content (AvgIpc) is 3.27. The highest BCUT2D eigenvalue weighted by Gasteiger charge is 2.09. The zero-order chi connectivity index (χ0) is 16.4. The summed E-state index contributed by atoms with van der Waals surface area (Å²) in [5, 5.41) is 4.06. The van der Waals surface area contributed by atoms with Crippen molar-refractivity contribution in [1.82, 2.24) is 19.7 Å². The molecule has 4 rings (SSSR count). The van der Waals surface area contributed by atoms with Crippen LogP contribution in [0.5, 0.6) is 0 Å². The number of rotatable bonds is 4. The number of nitrogens with zero attached hydrogens (tertiary/aromatic N) is 4. The first kappa shape index (κ1) is 14.4. The standard InChI is InChI=1S/C19H16N4O/c1-2-23-13-20-16-12-15(9-10-17(16)23)19-21-18(24-22-19)11-8-14-6-4-3-5-7-14/h3-13H,2H2,1H3/b11-8+. The van der Waals surface area contributed by atoms with Crippen molar-refractivity contribution >= 4 is 23.2 Å². The van der Waals surface area contributed by atoms with Gasteiger partial charge in [0.2, 0.25) is 5.82 Å². The molecule has 0 aliphatic carbocycles. The van der Waals surface area contributed by atoms with Crippen molar-refractivity contribution in [1.29, 1.82) is 0 Å². The molecule has 0 unspecified atom stereocenters. The third kappa shape index (κ3) is 2.72. The van der Waals surface area contributed by atoms with Crippen LogP contribution >= 0.6 is 0 Å². The van der Waals surface area contributed by atoms with E-state index in [4.69, 9.17) is 4.52 Å². The van der Waals surface area contributed by atoms with Crippen molar-refractivity contribution in [2.45, 2.75) is 13.5 Å². The molecule has 0 N–H and O–H groups in total. The van der Waals surface area contributed by atoms with Gasteiger partial charge in [-0.25, -0.2) is 4.98 Å². The fourth-order valence-electron chi connectivity index (χ4n) is 2.61. The Morgan fingerprint density at radius 3 is 2.79 bits per heavy atom. The molecule has 0 saturated heterocycles. The summed E-state index contributed by atoms with van der Waals surface area (Å²) >= 11 is 0. The van der Waals surface area contributed by atoms with Gasteiger partial charge in [-0.15, -0.1) is 0 Å². The monoisotopic (exact) mass is 316 g/mol. The van der Waals surface area contributed by atoms with E-state index >= 15 is 0 Å². The highest BCUT2D eigenvalue weighted by molar-refractivity contribution is 5.80. The molecule has 24 heavy (non-hydrogen) atoms. The van der Waals surface area contributed by atoms with Crippen LogP contribution in [0.3, 0.4) is 0 Å². The summed E-state index contributed by atoms with van der Waals surface area (Å²) in [6.45, 7) is 2.99. The molecule has 118 valence electrons. The summed E-state index contributed by atoms with van der Waals surface area (Å²) < 4.78 is 7.41. The van der Waals surface area contributed by atoms with Crippen LogP contribution in [0.2, 0.25) is 0 Å². The molecule has 0 aliphatic heterocycles. The Balaban J connectivity index is 1.61. The van der Waals surface area contributed by atoms with E-state index in [1.54, 1.807) is 0 Å². The van der Waals surface area contributed by atoms with Gasteiger partial charge in [0.15, 0.2) is 0 Å². The van der Waals surface area contributed by atoms with Crippen molar-refractivity contribution in [2.24, 2.45) is 0 Å². The normalized spacial score (nSPS) is 11.5. The number of aromatic nitrogens is 4. The summed E-state index contributed by atoms with van der Waals surface area (Å²) in [4.78, 5) is 8.85. The molecular formula is C19H16N4O. The summed E-state index contributed by atoms with van der Waals surface area (Å²) in [7, 11) is 0. The summed E-state index contributed by atoms with van der Waals surface area (Å²) in [6.07, 6.45) is 5.61. The van der Waals surface area contributed by atoms with E-state index in [1.807, 2.05) is 67.0 Å². The zero-order valence-electron chi connectivity index (χ0n) is 13.3. The van der Waals surface area contributed by atoms with Gasteiger partial charge in [-0.2, -0.15) is 4.98 Å². The van der Waals surface area contributed by atoms with Crippen molar-refractivity contribution < 1.29 is 4.52 Å². The van der Waals surface area contributed by atoms with Crippen LogP contribution in [0.25, 0.3) is 34.6 Å². The summed E-state index contributed by atoms with van der Waals surface area (Å²) in [6, 6.07) is 16.0. The number of fused-ring (bicyclic) bond motifs is 1. The Kier molecular flexibility index (Phi) is 3.67. The van der Waals surface area contributed by atoms with Crippen LogP contribution in [0, 0.1) is 0 Å². The molecule has 0 saturated carbocycles. The van der Waals surface area contributed by atoms with E-state index in [2.05, 4.69) is 26.6 Å². The lowest BCUT2D eigenvalue weighted by atomic mass is 10.2. The van der Waals surface area contributed by atoms with Gasteiger partial charge in [-0.1, -0.05) is 35.5 Å². The van der Waals surface area contributed by atoms with Crippen molar-refractivity contribution in [3.8, 4) is 11.4 Å². The molecule has 0 spiro atoms. The van der Waals surface area contributed by atoms with E-state index in [0.29, 0.717) is 11.7 Å². The quantitative estimate of drug-likeness (QED) is 0.564. The molecule has 0 atom stereocenters. The van der Waals surface area contributed by atoms with Crippen molar-refractivity contribution in [3.05, 3.63) is 66.3 Å². The van der Waals surface area contributed by atoms with Gasteiger partial charge in [0.25, 0.3) is 5.89 Å². The van der Waals surface area contributed by atoms with Crippen LogP contribution in [0.4, 0.5) is 0 Å². The second-order valence-electron chi connectivity index (χ2n) is 5.43. The Hall–Kier alpha value is -3.21. The molecule has 2 aromatic heterocycles. The predicted octanol–water partition coefficient (Wildman–Crippen LogP) is 4.28. The molecule has 0 amide bonds. The molecule has 0 bridgehead atoms. The number of aryl methyl sites for hydroxylation is 1. The Morgan fingerprint density at radius 2 is 1.96 bits per heavy atom.